The Bertz CT molecular complexity index is 1090. The first kappa shape index (κ1) is 25.5. The Morgan fingerprint density at radius 3 is 2.19 bits per heavy atom. The van der Waals surface area contributed by atoms with Crippen LogP contribution in [0.2, 0.25) is 0 Å². The van der Waals surface area contributed by atoms with Crippen LogP contribution in [-0.4, -0.2) is 67.3 Å². The molecular weight excluding hydrogens is 452 g/mol. The lowest BCUT2D eigenvalue weighted by Crippen LogP contribution is -2.48. The number of benzene rings is 3. The van der Waals surface area contributed by atoms with Gasteiger partial charge in [-0.25, -0.2) is 0 Å². The van der Waals surface area contributed by atoms with Gasteiger partial charge in [0.2, 0.25) is 5.91 Å². The molecule has 1 heterocycles. The lowest BCUT2D eigenvalue weighted by Gasteiger charge is -2.34. The number of aromatic hydroxyl groups is 1. The van der Waals surface area contributed by atoms with Crippen molar-refractivity contribution in [3.05, 3.63) is 102 Å². The van der Waals surface area contributed by atoms with E-state index in [2.05, 4.69) is 29.2 Å². The van der Waals surface area contributed by atoms with Crippen molar-refractivity contribution in [3.63, 3.8) is 0 Å². The molecule has 3 aromatic carbocycles. The molecule has 0 spiro atoms. The Hall–Kier alpha value is -3.61. The number of amides is 1. The quantitative estimate of drug-likeness (QED) is 0.331. The van der Waals surface area contributed by atoms with Gasteiger partial charge < -0.3 is 19.5 Å². The van der Waals surface area contributed by atoms with Gasteiger partial charge in [-0.2, -0.15) is 0 Å². The number of phenols is 1. The predicted molar refractivity (Wildman–Crippen MR) is 142 cm³/mol. The molecule has 0 bridgehead atoms. The molecule has 0 radical (unpaired) electrons. The van der Waals surface area contributed by atoms with Crippen LogP contribution in [0.25, 0.3) is 6.08 Å². The van der Waals surface area contributed by atoms with Crippen LogP contribution in [0.1, 0.15) is 29.2 Å². The molecule has 188 valence electrons. The van der Waals surface area contributed by atoms with E-state index in [0.29, 0.717) is 25.4 Å². The van der Waals surface area contributed by atoms with Crippen LogP contribution in [0.4, 0.5) is 0 Å². The summed E-state index contributed by atoms with van der Waals surface area (Å²) in [6.45, 7) is 4.74. The van der Waals surface area contributed by atoms with Crippen LogP contribution >= 0.6 is 0 Å². The molecule has 0 saturated carbocycles. The van der Waals surface area contributed by atoms with Crippen molar-refractivity contribution in [1.29, 1.82) is 0 Å². The SMILES string of the molecule is COc1cc(C=CC(=O)N2CCN(CCCOC(c3ccccc3)c3ccccc3)CC2)ccc1O. The molecule has 36 heavy (non-hydrogen) atoms. The molecule has 6 nitrogen and oxygen atoms in total. The third-order valence-electron chi connectivity index (χ3n) is 6.41. The smallest absolute Gasteiger partial charge is 0.246 e. The maximum absolute atomic E-state index is 12.6. The van der Waals surface area contributed by atoms with Gasteiger partial charge in [0.05, 0.1) is 7.11 Å². The summed E-state index contributed by atoms with van der Waals surface area (Å²) in [6, 6.07) is 25.7. The summed E-state index contributed by atoms with van der Waals surface area (Å²) in [5, 5.41) is 9.71. The number of carbonyl (C=O) groups excluding carboxylic acids is 1. The molecule has 0 atom stereocenters. The second-order valence-corrected chi connectivity index (χ2v) is 8.86. The maximum Gasteiger partial charge on any atom is 0.246 e. The molecule has 0 unspecified atom stereocenters. The van der Waals surface area contributed by atoms with E-state index in [9.17, 15) is 9.90 Å². The molecule has 4 rings (SSSR count). The molecule has 1 fully saturated rings. The van der Waals surface area contributed by atoms with Crippen LogP contribution < -0.4 is 4.74 Å². The van der Waals surface area contributed by atoms with Crippen LogP contribution in [0.3, 0.4) is 0 Å². The van der Waals surface area contributed by atoms with Gasteiger partial charge in [0.15, 0.2) is 11.5 Å². The summed E-state index contributed by atoms with van der Waals surface area (Å²) in [7, 11) is 1.50. The van der Waals surface area contributed by atoms with Gasteiger partial charge in [-0.3, -0.25) is 9.69 Å². The minimum Gasteiger partial charge on any atom is -0.504 e. The summed E-state index contributed by atoms with van der Waals surface area (Å²) in [5.74, 6) is 0.470. The number of nitrogens with zero attached hydrogens (tertiary/aromatic N) is 2. The second kappa shape index (κ2) is 12.9. The van der Waals surface area contributed by atoms with Gasteiger partial charge in [0, 0.05) is 45.4 Å². The summed E-state index contributed by atoms with van der Waals surface area (Å²) in [4.78, 5) is 16.9. The maximum atomic E-state index is 12.6. The number of hydrogen-bond acceptors (Lipinski definition) is 5. The fourth-order valence-electron chi connectivity index (χ4n) is 4.39. The Kier molecular flexibility index (Phi) is 9.14. The Labute approximate surface area is 213 Å². The molecule has 1 aliphatic heterocycles. The summed E-state index contributed by atoms with van der Waals surface area (Å²) in [5.41, 5.74) is 3.13. The number of piperazine rings is 1. The zero-order valence-electron chi connectivity index (χ0n) is 20.8. The Morgan fingerprint density at radius 1 is 0.944 bits per heavy atom. The highest BCUT2D eigenvalue weighted by Gasteiger charge is 2.20. The van der Waals surface area contributed by atoms with Crippen molar-refractivity contribution in [3.8, 4) is 11.5 Å². The number of methoxy groups -OCH3 is 1. The van der Waals surface area contributed by atoms with E-state index in [4.69, 9.17) is 9.47 Å². The van der Waals surface area contributed by atoms with Gasteiger partial charge in [-0.1, -0.05) is 66.7 Å². The van der Waals surface area contributed by atoms with E-state index in [-0.39, 0.29) is 17.8 Å². The van der Waals surface area contributed by atoms with Crippen LogP contribution in [0.15, 0.2) is 84.9 Å². The van der Waals surface area contributed by atoms with Crippen LogP contribution in [-0.2, 0) is 9.53 Å². The minimum absolute atomic E-state index is 0.00131. The van der Waals surface area contributed by atoms with Crippen molar-refractivity contribution < 1.29 is 19.4 Å². The average Bonchev–Trinajstić information content (AvgIpc) is 2.93. The topological polar surface area (TPSA) is 62.2 Å². The molecule has 6 heteroatoms. The number of ether oxygens (including phenoxy) is 2. The van der Waals surface area contributed by atoms with Gasteiger partial charge >= 0.3 is 0 Å². The number of phenolic OH excluding ortho intramolecular Hbond substituents is 1. The zero-order valence-corrected chi connectivity index (χ0v) is 20.8. The van der Waals surface area contributed by atoms with Crippen molar-refractivity contribution in [2.75, 3.05) is 46.4 Å². The molecule has 1 saturated heterocycles. The summed E-state index contributed by atoms with van der Waals surface area (Å²) in [6.07, 6.45) is 4.21. The number of hydrogen-bond donors (Lipinski definition) is 1. The molecule has 0 aromatic heterocycles. The predicted octanol–water partition coefficient (Wildman–Crippen LogP) is 4.75. The molecule has 1 N–H and O–H groups in total. The van der Waals surface area contributed by atoms with E-state index >= 15 is 0 Å². The Balaban J connectivity index is 1.21. The highest BCUT2D eigenvalue weighted by atomic mass is 16.5. The van der Waals surface area contributed by atoms with E-state index < -0.39 is 0 Å². The average molecular weight is 487 g/mol. The third-order valence-corrected chi connectivity index (χ3v) is 6.41. The van der Waals surface area contributed by atoms with Gasteiger partial charge in [0.25, 0.3) is 0 Å². The molecule has 1 aliphatic rings. The van der Waals surface area contributed by atoms with E-state index in [1.54, 1.807) is 30.4 Å². The van der Waals surface area contributed by atoms with E-state index in [0.717, 1.165) is 42.7 Å². The summed E-state index contributed by atoms with van der Waals surface area (Å²) < 4.78 is 11.5. The normalized spacial score (nSPS) is 14.4. The van der Waals surface area contributed by atoms with Crippen molar-refractivity contribution >= 4 is 12.0 Å². The van der Waals surface area contributed by atoms with E-state index in [1.165, 1.54) is 7.11 Å². The lowest BCUT2D eigenvalue weighted by molar-refractivity contribution is -0.127. The van der Waals surface area contributed by atoms with Gasteiger partial charge in [0.1, 0.15) is 6.10 Å². The standard InChI is InChI=1S/C30H34N2O4/c1-35-28-23-24(13-15-27(28)33)14-16-29(34)32-20-18-31(19-21-32)17-8-22-36-30(25-9-4-2-5-10-25)26-11-6-3-7-12-26/h2-7,9-16,23,30,33H,8,17-22H2,1H3. The highest BCUT2D eigenvalue weighted by molar-refractivity contribution is 5.92. The largest absolute Gasteiger partial charge is 0.504 e. The zero-order chi connectivity index (χ0) is 25.2. The first-order chi connectivity index (χ1) is 17.6. The lowest BCUT2D eigenvalue weighted by atomic mass is 10.0. The van der Waals surface area contributed by atoms with Crippen LogP contribution in [0, 0.1) is 0 Å². The fourth-order valence-corrected chi connectivity index (χ4v) is 4.39. The van der Waals surface area contributed by atoms with Gasteiger partial charge in [-0.05, 0) is 41.3 Å². The molecule has 1 amide bonds. The Morgan fingerprint density at radius 2 is 1.58 bits per heavy atom. The highest BCUT2D eigenvalue weighted by Crippen LogP contribution is 2.27. The third kappa shape index (κ3) is 6.97. The van der Waals surface area contributed by atoms with Crippen molar-refractivity contribution in [1.82, 2.24) is 9.80 Å². The molecule has 3 aromatic rings. The molecule has 0 aliphatic carbocycles. The first-order valence-electron chi connectivity index (χ1n) is 12.4. The van der Waals surface area contributed by atoms with Gasteiger partial charge in [-0.15, -0.1) is 0 Å². The number of carbonyl (C=O) groups is 1. The number of rotatable bonds is 10. The van der Waals surface area contributed by atoms with Crippen molar-refractivity contribution in [2.45, 2.75) is 12.5 Å². The summed E-state index contributed by atoms with van der Waals surface area (Å²) >= 11 is 0. The fraction of sp³-hybridized carbons (Fsp3) is 0.300. The monoisotopic (exact) mass is 486 g/mol. The first-order valence-corrected chi connectivity index (χ1v) is 12.4. The van der Waals surface area contributed by atoms with Crippen molar-refractivity contribution in [2.24, 2.45) is 0 Å². The van der Waals surface area contributed by atoms with E-state index in [1.807, 2.05) is 41.3 Å². The molecular formula is C30H34N2O4. The minimum atomic E-state index is -0.0674. The second-order valence-electron chi connectivity index (χ2n) is 8.86. The van der Waals surface area contributed by atoms with Crippen LogP contribution in [0.5, 0.6) is 11.5 Å².